The van der Waals surface area contributed by atoms with E-state index in [2.05, 4.69) is 0 Å². The van der Waals surface area contributed by atoms with E-state index in [1.54, 1.807) is 32.6 Å². The number of likely N-dealkylation sites (tertiary alicyclic amines) is 2. The van der Waals surface area contributed by atoms with Crippen molar-refractivity contribution in [1.29, 1.82) is 0 Å². The van der Waals surface area contributed by atoms with Crippen LogP contribution >= 0.6 is 0 Å². The molecule has 4 rings (SSSR count). The first-order chi connectivity index (χ1) is 20.2. The second kappa shape index (κ2) is 11.5. The summed E-state index contributed by atoms with van der Waals surface area (Å²) in [6.45, 7) is 7.93. The number of hydrogen-bond acceptors (Lipinski definition) is 4. The number of rotatable bonds is 4. The third kappa shape index (κ3) is 6.38. The highest BCUT2D eigenvalue weighted by Gasteiger charge is 2.71. The standard InChI is InChI=1S/C31H35F7N2O4/c1-27(2,3)44-26(42)39-15-13-20(14-16-39)25(41)40-17-24(28(4,18-40)21-9-11-23(32)12-10-21)19-5-7-22(8-6-19)29(43,30(33,34)35)31(36,37)38/h5-12,20,24,43H,13-18H2,1-4H3/t24-,28+/m0/s1. The van der Waals surface area contributed by atoms with Crippen LogP contribution in [0.5, 0.6) is 0 Å². The van der Waals surface area contributed by atoms with Crippen molar-refractivity contribution in [3.8, 4) is 0 Å². The van der Waals surface area contributed by atoms with E-state index in [9.17, 15) is 45.4 Å². The molecule has 0 bridgehead atoms. The number of amides is 2. The first-order valence-electron chi connectivity index (χ1n) is 14.2. The Kier molecular flexibility index (Phi) is 8.79. The maximum Gasteiger partial charge on any atom is 0.430 e. The van der Waals surface area contributed by atoms with Gasteiger partial charge in [0.2, 0.25) is 5.91 Å². The molecule has 6 nitrogen and oxygen atoms in total. The van der Waals surface area contributed by atoms with Crippen molar-refractivity contribution in [3.05, 3.63) is 71.0 Å². The van der Waals surface area contributed by atoms with Crippen LogP contribution < -0.4 is 0 Å². The van der Waals surface area contributed by atoms with Gasteiger partial charge < -0.3 is 19.6 Å². The molecule has 1 N–H and O–H groups in total. The Balaban J connectivity index is 1.60. The van der Waals surface area contributed by atoms with E-state index in [1.807, 2.05) is 0 Å². The number of benzene rings is 2. The van der Waals surface area contributed by atoms with Gasteiger partial charge in [-0.05, 0) is 56.9 Å². The molecule has 2 heterocycles. The summed E-state index contributed by atoms with van der Waals surface area (Å²) in [5.74, 6) is -1.69. The van der Waals surface area contributed by atoms with E-state index in [4.69, 9.17) is 4.74 Å². The van der Waals surface area contributed by atoms with Crippen LogP contribution in [0.2, 0.25) is 0 Å². The highest BCUT2D eigenvalue weighted by atomic mass is 19.4. The van der Waals surface area contributed by atoms with Gasteiger partial charge in [0.25, 0.3) is 5.60 Å². The van der Waals surface area contributed by atoms with Gasteiger partial charge >= 0.3 is 18.4 Å². The molecule has 2 atom stereocenters. The lowest BCUT2D eigenvalue weighted by Gasteiger charge is -2.34. The van der Waals surface area contributed by atoms with Crippen molar-refractivity contribution in [2.24, 2.45) is 5.92 Å². The monoisotopic (exact) mass is 632 g/mol. The summed E-state index contributed by atoms with van der Waals surface area (Å²) in [6.07, 6.45) is -11.8. The highest BCUT2D eigenvalue weighted by molar-refractivity contribution is 5.80. The van der Waals surface area contributed by atoms with E-state index < -0.39 is 58.3 Å². The van der Waals surface area contributed by atoms with E-state index in [0.717, 1.165) is 12.1 Å². The third-order valence-electron chi connectivity index (χ3n) is 8.55. The molecular formula is C31H35F7N2O4. The molecule has 13 heteroatoms. The summed E-state index contributed by atoms with van der Waals surface area (Å²) in [6, 6.07) is 8.94. The van der Waals surface area contributed by atoms with Crippen LogP contribution in [-0.2, 0) is 20.5 Å². The number of piperidine rings is 1. The number of carbonyl (C=O) groups is 2. The van der Waals surface area contributed by atoms with Crippen molar-refractivity contribution < 1.29 is 50.2 Å². The summed E-state index contributed by atoms with van der Waals surface area (Å²) >= 11 is 0. The van der Waals surface area contributed by atoms with Crippen LogP contribution in [0.1, 0.15) is 63.1 Å². The van der Waals surface area contributed by atoms with Crippen molar-refractivity contribution in [2.45, 2.75) is 75.4 Å². The maximum atomic E-state index is 13.8. The van der Waals surface area contributed by atoms with E-state index >= 15 is 0 Å². The molecule has 0 unspecified atom stereocenters. The van der Waals surface area contributed by atoms with Crippen LogP contribution in [0.25, 0.3) is 0 Å². The Morgan fingerprint density at radius 3 is 1.86 bits per heavy atom. The predicted molar refractivity (Wildman–Crippen MR) is 146 cm³/mol. The minimum Gasteiger partial charge on any atom is -0.444 e. The molecule has 242 valence electrons. The van der Waals surface area contributed by atoms with Crippen LogP contribution in [-0.4, -0.2) is 71.0 Å². The predicted octanol–water partition coefficient (Wildman–Crippen LogP) is 6.67. The lowest BCUT2D eigenvalue weighted by Crippen LogP contribution is -2.53. The fourth-order valence-corrected chi connectivity index (χ4v) is 6.10. The molecule has 44 heavy (non-hydrogen) atoms. The van der Waals surface area contributed by atoms with Crippen molar-refractivity contribution in [2.75, 3.05) is 26.2 Å². The minimum absolute atomic E-state index is 0.0984. The largest absolute Gasteiger partial charge is 0.444 e. The van der Waals surface area contributed by atoms with Crippen molar-refractivity contribution in [1.82, 2.24) is 9.80 Å². The number of hydrogen-bond donors (Lipinski definition) is 1. The summed E-state index contributed by atoms with van der Waals surface area (Å²) < 4.78 is 99.9. The Hall–Kier alpha value is -3.35. The molecule has 0 saturated carbocycles. The molecule has 2 saturated heterocycles. The number of carbonyl (C=O) groups excluding carboxylic acids is 2. The van der Waals surface area contributed by atoms with Gasteiger partial charge in [-0.3, -0.25) is 4.79 Å². The molecule has 0 spiro atoms. The van der Waals surface area contributed by atoms with Gasteiger partial charge in [0.15, 0.2) is 0 Å². The molecule has 2 fully saturated rings. The van der Waals surface area contributed by atoms with Crippen LogP contribution in [0.4, 0.5) is 35.5 Å². The summed E-state index contributed by atoms with van der Waals surface area (Å²) in [7, 11) is 0. The van der Waals surface area contributed by atoms with Crippen LogP contribution in [0, 0.1) is 11.7 Å². The van der Waals surface area contributed by atoms with Gasteiger partial charge in [0.1, 0.15) is 11.4 Å². The molecule has 2 aromatic rings. The fourth-order valence-electron chi connectivity index (χ4n) is 6.10. The number of alkyl halides is 6. The molecule has 2 aliphatic rings. The second-order valence-electron chi connectivity index (χ2n) is 12.8. The quantitative estimate of drug-likeness (QED) is 0.383. The van der Waals surface area contributed by atoms with Gasteiger partial charge in [0, 0.05) is 49.0 Å². The Morgan fingerprint density at radius 2 is 1.39 bits per heavy atom. The zero-order valence-corrected chi connectivity index (χ0v) is 24.7. The van der Waals surface area contributed by atoms with E-state index in [0.29, 0.717) is 49.2 Å². The van der Waals surface area contributed by atoms with Crippen molar-refractivity contribution >= 4 is 12.0 Å². The normalized spacial score (nSPS) is 22.3. The van der Waals surface area contributed by atoms with Gasteiger partial charge in [-0.25, -0.2) is 9.18 Å². The number of nitrogens with zero attached hydrogens (tertiary/aromatic N) is 2. The Morgan fingerprint density at radius 1 is 0.864 bits per heavy atom. The third-order valence-corrected chi connectivity index (χ3v) is 8.55. The first-order valence-corrected chi connectivity index (χ1v) is 14.2. The summed E-state index contributed by atoms with van der Waals surface area (Å²) in [4.78, 5) is 29.3. The zero-order chi connectivity index (χ0) is 32.9. The SMILES string of the molecule is CC(C)(C)OC(=O)N1CCC(C(=O)N2C[C@@H](c3ccc(C(O)(C(F)(F)F)C(F)(F)F)cc3)[C@@](C)(c3ccc(F)cc3)C2)CC1. The van der Waals surface area contributed by atoms with Gasteiger partial charge in [-0.1, -0.05) is 43.3 Å². The molecular weight excluding hydrogens is 597 g/mol. The molecule has 2 amide bonds. The number of halogens is 7. The topological polar surface area (TPSA) is 70.1 Å². The second-order valence-corrected chi connectivity index (χ2v) is 12.8. The number of aliphatic hydroxyl groups is 1. The average molecular weight is 633 g/mol. The molecule has 0 aromatic heterocycles. The molecule has 0 aliphatic carbocycles. The average Bonchev–Trinajstić information content (AvgIpc) is 3.29. The van der Waals surface area contributed by atoms with E-state index in [1.165, 1.54) is 29.2 Å². The van der Waals surface area contributed by atoms with Crippen molar-refractivity contribution in [3.63, 3.8) is 0 Å². The molecule has 2 aromatic carbocycles. The maximum absolute atomic E-state index is 13.8. The summed E-state index contributed by atoms with van der Waals surface area (Å²) in [5, 5.41) is 9.82. The first kappa shape index (κ1) is 33.5. The molecule has 2 aliphatic heterocycles. The smallest absolute Gasteiger partial charge is 0.430 e. The Labute approximate surface area is 250 Å². The summed E-state index contributed by atoms with van der Waals surface area (Å²) in [5.41, 5.74) is -7.02. The van der Waals surface area contributed by atoms with Crippen LogP contribution in [0.3, 0.4) is 0 Å². The lowest BCUT2D eigenvalue weighted by molar-refractivity contribution is -0.376. The zero-order valence-electron chi connectivity index (χ0n) is 24.7. The van der Waals surface area contributed by atoms with Gasteiger partial charge in [0.05, 0.1) is 0 Å². The lowest BCUT2D eigenvalue weighted by atomic mass is 9.71. The van der Waals surface area contributed by atoms with E-state index in [-0.39, 0.29) is 19.0 Å². The molecule has 0 radical (unpaired) electrons. The number of ether oxygens (including phenoxy) is 1. The Bertz CT molecular complexity index is 1330. The van der Waals surface area contributed by atoms with Gasteiger partial charge in [-0.2, -0.15) is 26.3 Å². The van der Waals surface area contributed by atoms with Gasteiger partial charge in [-0.15, -0.1) is 0 Å². The fraction of sp³-hybridized carbons (Fsp3) is 0.548. The minimum atomic E-state index is -6.02. The van der Waals surface area contributed by atoms with Crippen LogP contribution in [0.15, 0.2) is 48.5 Å². The highest BCUT2D eigenvalue weighted by Crippen LogP contribution is 2.51.